The van der Waals surface area contributed by atoms with E-state index in [1.807, 2.05) is 52.0 Å². The van der Waals surface area contributed by atoms with Crippen molar-refractivity contribution in [1.29, 1.82) is 0 Å². The number of hydrogen-bond donors (Lipinski definition) is 3. The van der Waals surface area contributed by atoms with Crippen molar-refractivity contribution >= 4 is 17.5 Å². The monoisotopic (exact) mass is 450 g/mol. The molecule has 0 saturated heterocycles. The lowest BCUT2D eigenvalue weighted by molar-refractivity contribution is 0.262. The molecule has 3 aromatic rings. The molecule has 0 unspecified atom stereocenters. The van der Waals surface area contributed by atoms with Crippen molar-refractivity contribution in [1.82, 2.24) is 19.7 Å². The van der Waals surface area contributed by atoms with Gasteiger partial charge in [0.2, 0.25) is 5.95 Å². The van der Waals surface area contributed by atoms with E-state index in [1.54, 1.807) is 13.0 Å². The van der Waals surface area contributed by atoms with E-state index >= 15 is 0 Å². The molecule has 3 N–H and O–H groups in total. The molecule has 33 heavy (non-hydrogen) atoms. The average molecular weight is 451 g/mol. The summed E-state index contributed by atoms with van der Waals surface area (Å²) in [7, 11) is 0. The van der Waals surface area contributed by atoms with Gasteiger partial charge in [-0.25, -0.2) is 9.78 Å². The quantitative estimate of drug-likeness (QED) is 0.516. The lowest BCUT2D eigenvalue weighted by atomic mass is 9.87. The highest BCUT2D eigenvalue weighted by atomic mass is 16.2. The number of carbonyl (C=O) groups is 1. The fraction of sp³-hybridized carbons (Fsp3) is 0.440. The number of H-pyrrole nitrogens is 1. The zero-order valence-electron chi connectivity index (χ0n) is 20.8. The molecule has 2 heterocycles. The zero-order valence-corrected chi connectivity index (χ0v) is 20.8. The van der Waals surface area contributed by atoms with Gasteiger partial charge in [-0.05, 0) is 36.5 Å². The number of amides is 2. The third-order valence-corrected chi connectivity index (χ3v) is 5.49. The van der Waals surface area contributed by atoms with Gasteiger partial charge >= 0.3 is 6.03 Å². The Morgan fingerprint density at radius 1 is 1.03 bits per heavy atom. The molecule has 0 radical (unpaired) electrons. The molecule has 0 saturated carbocycles. The summed E-state index contributed by atoms with van der Waals surface area (Å²) in [4.78, 5) is 32.6. The number of hydrogen-bond acceptors (Lipinski definition) is 4. The van der Waals surface area contributed by atoms with E-state index in [2.05, 4.69) is 46.5 Å². The van der Waals surface area contributed by atoms with Crippen LogP contribution in [0.25, 0.3) is 5.95 Å². The Kier molecular flexibility index (Phi) is 6.49. The van der Waals surface area contributed by atoms with Crippen LogP contribution < -0.4 is 16.2 Å². The van der Waals surface area contributed by atoms with E-state index in [0.717, 1.165) is 5.69 Å². The van der Waals surface area contributed by atoms with E-state index in [-0.39, 0.29) is 22.3 Å². The maximum Gasteiger partial charge on any atom is 0.324 e. The van der Waals surface area contributed by atoms with E-state index in [0.29, 0.717) is 29.2 Å². The number of anilines is 2. The van der Waals surface area contributed by atoms with Gasteiger partial charge in [-0.2, -0.15) is 9.78 Å². The van der Waals surface area contributed by atoms with Gasteiger partial charge in [0.15, 0.2) is 0 Å². The van der Waals surface area contributed by atoms with Crippen molar-refractivity contribution < 1.29 is 4.79 Å². The predicted molar refractivity (Wildman–Crippen MR) is 133 cm³/mol. The lowest BCUT2D eigenvalue weighted by Gasteiger charge is -2.19. The first-order chi connectivity index (χ1) is 15.3. The Balaban J connectivity index is 1.92. The number of carbonyl (C=O) groups excluding carboxylic acids is 1. The molecular formula is C25H34N6O2. The second-order valence-electron chi connectivity index (χ2n) is 10.3. The molecule has 3 rings (SSSR count). The van der Waals surface area contributed by atoms with Gasteiger partial charge in [0.05, 0.1) is 5.69 Å². The second-order valence-corrected chi connectivity index (χ2v) is 10.3. The van der Waals surface area contributed by atoms with Crippen LogP contribution in [-0.4, -0.2) is 25.8 Å². The Hall–Kier alpha value is -3.42. The molecule has 2 aromatic heterocycles. The molecule has 0 aliphatic heterocycles. The van der Waals surface area contributed by atoms with E-state index in [1.165, 1.54) is 10.2 Å². The Morgan fingerprint density at radius 2 is 1.67 bits per heavy atom. The normalized spacial score (nSPS) is 12.0. The van der Waals surface area contributed by atoms with Crippen molar-refractivity contribution in [2.75, 3.05) is 10.6 Å². The minimum atomic E-state index is -0.413. The third-order valence-electron chi connectivity index (χ3n) is 5.49. The van der Waals surface area contributed by atoms with Gasteiger partial charge in [-0.1, -0.05) is 60.6 Å². The number of rotatable bonds is 4. The number of benzene rings is 1. The van der Waals surface area contributed by atoms with Gasteiger partial charge < -0.3 is 5.32 Å². The fourth-order valence-corrected chi connectivity index (χ4v) is 3.44. The summed E-state index contributed by atoms with van der Waals surface area (Å²) >= 11 is 0. The van der Waals surface area contributed by atoms with Crippen molar-refractivity contribution in [3.63, 3.8) is 0 Å². The predicted octanol–water partition coefficient (Wildman–Crippen LogP) is 5.07. The highest BCUT2D eigenvalue weighted by Gasteiger charge is 2.23. The molecule has 0 aliphatic rings. The summed E-state index contributed by atoms with van der Waals surface area (Å²) in [6.45, 7) is 16.2. The summed E-state index contributed by atoms with van der Waals surface area (Å²) in [5, 5.41) is 10.3. The SMILES string of the molecule is CCc1c(C)nc(-n2nc(C(C)(C)C)cc2NC(=O)Nc2ccc(C(C)(C)C)cc2)[nH]c1=O. The summed E-state index contributed by atoms with van der Waals surface area (Å²) in [6, 6.07) is 9.15. The van der Waals surface area contributed by atoms with Gasteiger partial charge in [0.1, 0.15) is 5.82 Å². The lowest BCUT2D eigenvalue weighted by Crippen LogP contribution is -2.24. The number of nitrogens with one attached hydrogen (secondary N) is 3. The average Bonchev–Trinajstić information content (AvgIpc) is 3.11. The Bertz CT molecular complexity index is 1210. The van der Waals surface area contributed by atoms with Crippen molar-refractivity contribution in [2.45, 2.75) is 72.6 Å². The standard InChI is InChI=1S/C25H34N6O2/c1-9-18-15(2)26-22(29-21(18)32)31-20(14-19(30-31)25(6,7)8)28-23(33)27-17-12-10-16(11-13-17)24(3,4)5/h10-14H,9H2,1-8H3,(H,26,29,32)(H2,27,28,33). The summed E-state index contributed by atoms with van der Waals surface area (Å²) in [5.41, 5.74) is 3.45. The topological polar surface area (TPSA) is 105 Å². The molecule has 176 valence electrons. The third kappa shape index (κ3) is 5.50. The number of nitrogens with zero attached hydrogens (tertiary/aromatic N) is 3. The van der Waals surface area contributed by atoms with E-state index < -0.39 is 6.03 Å². The summed E-state index contributed by atoms with van der Waals surface area (Å²) < 4.78 is 1.47. The number of aryl methyl sites for hydroxylation is 1. The van der Waals surface area contributed by atoms with Crippen LogP contribution in [0.3, 0.4) is 0 Å². The van der Waals surface area contributed by atoms with Gasteiger partial charge in [-0.15, -0.1) is 0 Å². The summed E-state index contributed by atoms with van der Waals surface area (Å²) in [6.07, 6.45) is 0.586. The minimum absolute atomic E-state index is 0.0337. The van der Waals surface area contributed by atoms with Crippen LogP contribution in [0.2, 0.25) is 0 Å². The van der Waals surface area contributed by atoms with Crippen LogP contribution in [-0.2, 0) is 17.3 Å². The molecule has 2 amide bonds. The first-order valence-electron chi connectivity index (χ1n) is 11.2. The number of aromatic nitrogens is 4. The Morgan fingerprint density at radius 3 is 2.18 bits per heavy atom. The van der Waals surface area contributed by atoms with E-state index in [4.69, 9.17) is 0 Å². The number of aromatic amines is 1. The second kappa shape index (κ2) is 8.84. The minimum Gasteiger partial charge on any atom is -0.308 e. The van der Waals surface area contributed by atoms with Crippen LogP contribution in [0.1, 0.15) is 71.0 Å². The first-order valence-corrected chi connectivity index (χ1v) is 11.2. The largest absolute Gasteiger partial charge is 0.324 e. The molecule has 0 spiro atoms. The fourth-order valence-electron chi connectivity index (χ4n) is 3.44. The van der Waals surface area contributed by atoms with E-state index in [9.17, 15) is 9.59 Å². The molecule has 8 nitrogen and oxygen atoms in total. The molecule has 8 heteroatoms. The van der Waals surface area contributed by atoms with Crippen molar-refractivity contribution in [3.8, 4) is 5.95 Å². The molecule has 0 aliphatic carbocycles. The Labute approximate surface area is 194 Å². The molecule has 0 atom stereocenters. The van der Waals surface area contributed by atoms with Crippen LogP contribution in [0, 0.1) is 6.92 Å². The van der Waals surface area contributed by atoms with Crippen LogP contribution in [0.15, 0.2) is 35.1 Å². The number of urea groups is 1. The van der Waals surface area contributed by atoms with Crippen LogP contribution in [0.4, 0.5) is 16.3 Å². The van der Waals surface area contributed by atoms with Crippen molar-refractivity contribution in [2.24, 2.45) is 0 Å². The van der Waals surface area contributed by atoms with Crippen LogP contribution in [0.5, 0.6) is 0 Å². The zero-order chi connectivity index (χ0) is 24.6. The smallest absolute Gasteiger partial charge is 0.308 e. The molecule has 1 aromatic carbocycles. The highest BCUT2D eigenvalue weighted by molar-refractivity contribution is 5.99. The van der Waals surface area contributed by atoms with Gasteiger partial charge in [0, 0.05) is 28.4 Å². The molecular weight excluding hydrogens is 416 g/mol. The highest BCUT2D eigenvalue weighted by Crippen LogP contribution is 2.26. The maximum atomic E-state index is 12.8. The van der Waals surface area contributed by atoms with Crippen molar-refractivity contribution in [3.05, 3.63) is 63.2 Å². The first kappa shape index (κ1) is 24.2. The van der Waals surface area contributed by atoms with Gasteiger partial charge in [-0.3, -0.25) is 15.1 Å². The maximum absolute atomic E-state index is 12.8. The van der Waals surface area contributed by atoms with Crippen LogP contribution >= 0.6 is 0 Å². The molecule has 0 fully saturated rings. The van der Waals surface area contributed by atoms with Gasteiger partial charge in [0.25, 0.3) is 5.56 Å². The summed E-state index contributed by atoms with van der Waals surface area (Å²) in [5.74, 6) is 0.672. The molecule has 0 bridgehead atoms.